The highest BCUT2D eigenvalue weighted by Gasteiger charge is 2.23. The molecule has 0 aliphatic rings. The number of hydrogen-bond acceptors (Lipinski definition) is 1. The second-order valence-electron chi connectivity index (χ2n) is 8.48. The van der Waals surface area contributed by atoms with Crippen LogP contribution in [0.5, 0.6) is 0 Å². The Morgan fingerprint density at radius 1 is 0.618 bits per heavy atom. The van der Waals surface area contributed by atoms with Crippen molar-refractivity contribution in [2.75, 3.05) is 0 Å². The lowest BCUT2D eigenvalue weighted by molar-refractivity contribution is 0.628. The normalized spacial score (nSPS) is 11.8. The maximum Gasteiger partial charge on any atom is 0.266 e. The number of nitrogens with zero attached hydrogens (tertiary/aromatic N) is 1. The van der Waals surface area contributed by atoms with E-state index in [-0.39, 0.29) is 11.4 Å². The van der Waals surface area contributed by atoms with Gasteiger partial charge in [-0.25, -0.2) is 4.39 Å². The van der Waals surface area contributed by atoms with Crippen LogP contribution in [0.15, 0.2) is 102 Å². The Labute approximate surface area is 192 Å². The smallest absolute Gasteiger partial charge is 0.266 e. The molecule has 4 aromatic carbocycles. The summed E-state index contributed by atoms with van der Waals surface area (Å²) in [5.74, 6) is -0.281. The fourth-order valence-electron chi connectivity index (χ4n) is 5.08. The summed E-state index contributed by atoms with van der Waals surface area (Å²) in [6.45, 7) is 0. The number of nitrogens with one attached hydrogen (secondary N) is 2. The van der Waals surface area contributed by atoms with E-state index in [0.29, 0.717) is 5.39 Å². The summed E-state index contributed by atoms with van der Waals surface area (Å²) < 4.78 is 15.5. The molecule has 5 heteroatoms. The Morgan fingerprint density at radius 2 is 1.24 bits per heavy atom. The summed E-state index contributed by atoms with van der Waals surface area (Å²) in [7, 11) is 0. The Morgan fingerprint density at radius 3 is 2.00 bits per heavy atom. The second kappa shape index (κ2) is 6.93. The Kier molecular flexibility index (Phi) is 3.85. The Balaban J connectivity index is 1.72. The van der Waals surface area contributed by atoms with Crippen LogP contribution >= 0.6 is 0 Å². The van der Waals surface area contributed by atoms with Crippen LogP contribution in [-0.4, -0.2) is 14.4 Å². The highest BCUT2D eigenvalue weighted by molar-refractivity contribution is 6.15. The summed E-state index contributed by atoms with van der Waals surface area (Å²) in [6.07, 6.45) is 0. The van der Waals surface area contributed by atoms with E-state index in [1.54, 1.807) is 16.5 Å². The molecule has 3 heterocycles. The highest BCUT2D eigenvalue weighted by Crippen LogP contribution is 2.44. The third kappa shape index (κ3) is 2.55. The molecule has 4 nitrogen and oxygen atoms in total. The first-order valence-corrected chi connectivity index (χ1v) is 11.1. The first kappa shape index (κ1) is 18.9. The minimum absolute atomic E-state index is 0.0602. The third-order valence-corrected chi connectivity index (χ3v) is 6.58. The quantitative estimate of drug-likeness (QED) is 0.300. The molecule has 0 atom stereocenters. The average Bonchev–Trinajstić information content (AvgIpc) is 3.40. The van der Waals surface area contributed by atoms with Crippen LogP contribution in [0.25, 0.3) is 60.7 Å². The van der Waals surface area contributed by atoms with Gasteiger partial charge in [0.2, 0.25) is 0 Å². The minimum atomic E-state index is -0.281. The molecule has 0 radical (unpaired) electrons. The Bertz CT molecular complexity index is 1940. The lowest BCUT2D eigenvalue weighted by Gasteiger charge is -2.07. The maximum absolute atomic E-state index is 13.7. The van der Waals surface area contributed by atoms with Crippen molar-refractivity contribution in [1.29, 1.82) is 0 Å². The van der Waals surface area contributed by atoms with Crippen molar-refractivity contribution >= 4 is 38.4 Å². The van der Waals surface area contributed by atoms with Crippen molar-refractivity contribution in [2.45, 2.75) is 0 Å². The number of aromatic amines is 2. The minimum Gasteiger partial charge on any atom is -0.354 e. The molecule has 0 bridgehead atoms. The number of halogens is 1. The van der Waals surface area contributed by atoms with Crippen LogP contribution in [-0.2, 0) is 0 Å². The molecule has 162 valence electrons. The molecular formula is C29H18FN3O. The predicted molar refractivity (Wildman–Crippen MR) is 136 cm³/mol. The van der Waals surface area contributed by atoms with Gasteiger partial charge in [-0.05, 0) is 54.1 Å². The molecule has 0 aliphatic heterocycles. The van der Waals surface area contributed by atoms with Gasteiger partial charge < -0.3 is 9.97 Å². The van der Waals surface area contributed by atoms with Crippen LogP contribution in [0.4, 0.5) is 4.39 Å². The van der Waals surface area contributed by atoms with Crippen LogP contribution in [0.1, 0.15) is 0 Å². The van der Waals surface area contributed by atoms with Crippen molar-refractivity contribution in [3.63, 3.8) is 0 Å². The van der Waals surface area contributed by atoms with Crippen molar-refractivity contribution in [1.82, 2.24) is 14.4 Å². The van der Waals surface area contributed by atoms with E-state index >= 15 is 0 Å². The summed E-state index contributed by atoms with van der Waals surface area (Å²) in [5, 5.41) is 2.65. The molecule has 2 N–H and O–H groups in total. The zero-order valence-electron chi connectivity index (χ0n) is 18.0. The first-order chi connectivity index (χ1) is 16.7. The molecule has 0 unspecified atom stereocenters. The molecule has 3 aromatic heterocycles. The van der Waals surface area contributed by atoms with E-state index < -0.39 is 0 Å². The van der Waals surface area contributed by atoms with Crippen LogP contribution in [0, 0.1) is 5.82 Å². The number of para-hydroxylation sites is 3. The van der Waals surface area contributed by atoms with Crippen LogP contribution < -0.4 is 5.56 Å². The average molecular weight is 443 g/mol. The zero-order valence-corrected chi connectivity index (χ0v) is 18.0. The van der Waals surface area contributed by atoms with Crippen LogP contribution in [0.3, 0.4) is 0 Å². The third-order valence-electron chi connectivity index (χ3n) is 6.58. The van der Waals surface area contributed by atoms with E-state index in [0.717, 1.165) is 55.4 Å². The van der Waals surface area contributed by atoms with Crippen molar-refractivity contribution in [3.05, 3.63) is 113 Å². The summed E-state index contributed by atoms with van der Waals surface area (Å²) in [4.78, 5) is 20.7. The van der Waals surface area contributed by atoms with E-state index in [4.69, 9.17) is 0 Å². The standard InChI is InChI=1S/C29H18FN3O/c30-18-15-13-17(14-16-18)27-25(19-7-1-4-10-22(19)31-27)26-21-9-3-6-12-24(21)33-28(26)32-23-11-5-2-8-20(23)29(33)34/h1-16,31-32H. The summed E-state index contributed by atoms with van der Waals surface area (Å²) in [5.41, 5.74) is 6.95. The highest BCUT2D eigenvalue weighted by atomic mass is 19.1. The molecule has 0 saturated carbocycles. The molecular weight excluding hydrogens is 425 g/mol. The summed E-state index contributed by atoms with van der Waals surface area (Å²) in [6, 6.07) is 30.1. The van der Waals surface area contributed by atoms with Crippen molar-refractivity contribution in [2.24, 2.45) is 0 Å². The predicted octanol–water partition coefficient (Wildman–Crippen LogP) is 6.89. The van der Waals surface area contributed by atoms with Gasteiger partial charge in [-0.15, -0.1) is 0 Å². The van der Waals surface area contributed by atoms with Gasteiger partial charge in [0.15, 0.2) is 0 Å². The van der Waals surface area contributed by atoms with Gasteiger partial charge in [-0.3, -0.25) is 9.20 Å². The van der Waals surface area contributed by atoms with E-state index in [1.807, 2.05) is 66.7 Å². The van der Waals surface area contributed by atoms with E-state index in [1.165, 1.54) is 12.1 Å². The van der Waals surface area contributed by atoms with Gasteiger partial charge in [0.25, 0.3) is 5.56 Å². The molecule has 0 spiro atoms. The number of fused-ring (bicyclic) bond motifs is 5. The van der Waals surface area contributed by atoms with Gasteiger partial charge in [-0.2, -0.15) is 0 Å². The van der Waals surface area contributed by atoms with Gasteiger partial charge in [0, 0.05) is 27.4 Å². The Hall–Kier alpha value is -4.64. The molecule has 0 aliphatic carbocycles. The SMILES string of the molecule is O=c1c2ccccc2[nH]c2c(-c3c(-c4ccc(F)cc4)[nH]c4ccccc34)c3ccccc3n12. The summed E-state index contributed by atoms with van der Waals surface area (Å²) >= 11 is 0. The first-order valence-electron chi connectivity index (χ1n) is 11.1. The van der Waals surface area contributed by atoms with E-state index in [2.05, 4.69) is 16.0 Å². The number of aromatic nitrogens is 3. The van der Waals surface area contributed by atoms with Gasteiger partial charge >= 0.3 is 0 Å². The second-order valence-corrected chi connectivity index (χ2v) is 8.48. The molecule has 0 saturated heterocycles. The van der Waals surface area contributed by atoms with E-state index in [9.17, 15) is 9.18 Å². The number of benzene rings is 4. The number of rotatable bonds is 2. The number of H-pyrrole nitrogens is 2. The lowest BCUT2D eigenvalue weighted by Crippen LogP contribution is -2.13. The monoisotopic (exact) mass is 443 g/mol. The van der Waals surface area contributed by atoms with Crippen LogP contribution in [0.2, 0.25) is 0 Å². The van der Waals surface area contributed by atoms with Gasteiger partial charge in [-0.1, -0.05) is 48.5 Å². The van der Waals surface area contributed by atoms with Gasteiger partial charge in [0.05, 0.1) is 22.1 Å². The van der Waals surface area contributed by atoms with Gasteiger partial charge in [0.1, 0.15) is 11.5 Å². The molecule has 34 heavy (non-hydrogen) atoms. The van der Waals surface area contributed by atoms with Crippen molar-refractivity contribution < 1.29 is 4.39 Å². The zero-order chi connectivity index (χ0) is 22.8. The number of hydrogen-bond donors (Lipinski definition) is 2. The molecule has 7 aromatic rings. The molecule has 7 rings (SSSR count). The fraction of sp³-hybridized carbons (Fsp3) is 0. The lowest BCUT2D eigenvalue weighted by atomic mass is 9.97. The molecule has 0 fully saturated rings. The largest absolute Gasteiger partial charge is 0.354 e. The topological polar surface area (TPSA) is 53.1 Å². The fourth-order valence-corrected chi connectivity index (χ4v) is 5.08. The molecule has 0 amide bonds. The van der Waals surface area contributed by atoms with Crippen molar-refractivity contribution in [3.8, 4) is 22.4 Å². The maximum atomic E-state index is 13.7.